The summed E-state index contributed by atoms with van der Waals surface area (Å²) in [6, 6.07) is 11.0. The van der Waals surface area contributed by atoms with Crippen molar-refractivity contribution in [3.05, 3.63) is 69.9 Å². The van der Waals surface area contributed by atoms with Crippen molar-refractivity contribution in [2.75, 3.05) is 10.0 Å². The van der Waals surface area contributed by atoms with Crippen LogP contribution in [-0.4, -0.2) is 19.3 Å². The summed E-state index contributed by atoms with van der Waals surface area (Å²) in [6.07, 6.45) is 0. The molecular formula is C17H13ClFN3O3S2. The highest BCUT2D eigenvalue weighted by Crippen LogP contribution is 2.26. The van der Waals surface area contributed by atoms with Gasteiger partial charge in [-0.05, 0) is 49.4 Å². The Morgan fingerprint density at radius 3 is 2.56 bits per heavy atom. The summed E-state index contributed by atoms with van der Waals surface area (Å²) in [7, 11) is -3.94. The normalized spacial score (nSPS) is 11.2. The van der Waals surface area contributed by atoms with Gasteiger partial charge in [0.05, 0.1) is 10.6 Å². The maximum atomic E-state index is 13.0. The smallest absolute Gasteiger partial charge is 0.267 e. The minimum Gasteiger partial charge on any atom is -0.321 e. The number of carbonyl (C=O) groups is 1. The fourth-order valence-corrected chi connectivity index (χ4v) is 4.48. The minimum atomic E-state index is -3.94. The van der Waals surface area contributed by atoms with Gasteiger partial charge in [0.2, 0.25) is 0 Å². The van der Waals surface area contributed by atoms with Crippen LogP contribution in [-0.2, 0) is 10.0 Å². The molecule has 3 rings (SSSR count). The molecule has 0 atom stereocenters. The molecule has 0 saturated carbocycles. The van der Waals surface area contributed by atoms with Crippen LogP contribution < -0.4 is 10.0 Å². The number of amides is 1. The average molecular weight is 426 g/mol. The van der Waals surface area contributed by atoms with Crippen molar-refractivity contribution in [1.29, 1.82) is 0 Å². The maximum absolute atomic E-state index is 13.0. The number of sulfonamides is 1. The first-order valence-electron chi connectivity index (χ1n) is 7.57. The molecule has 0 fully saturated rings. The van der Waals surface area contributed by atoms with Gasteiger partial charge in [0.1, 0.15) is 10.7 Å². The number of carbonyl (C=O) groups excluding carboxylic acids is 1. The van der Waals surface area contributed by atoms with Gasteiger partial charge in [-0.3, -0.25) is 9.52 Å². The Morgan fingerprint density at radius 2 is 1.89 bits per heavy atom. The zero-order chi connectivity index (χ0) is 19.6. The van der Waals surface area contributed by atoms with Crippen molar-refractivity contribution in [2.24, 2.45) is 0 Å². The Balaban J connectivity index is 1.79. The first-order valence-corrected chi connectivity index (χ1v) is 10.2. The summed E-state index contributed by atoms with van der Waals surface area (Å²) in [4.78, 5) is 16.7. The largest absolute Gasteiger partial charge is 0.321 e. The van der Waals surface area contributed by atoms with Crippen molar-refractivity contribution in [3.63, 3.8) is 0 Å². The molecule has 0 aliphatic carbocycles. The predicted octanol–water partition coefficient (Wildman–Crippen LogP) is 4.30. The zero-order valence-corrected chi connectivity index (χ0v) is 16.3. The number of hydrogen-bond donors (Lipinski definition) is 2. The second-order valence-electron chi connectivity index (χ2n) is 5.46. The van der Waals surface area contributed by atoms with E-state index >= 15 is 0 Å². The van der Waals surface area contributed by atoms with Gasteiger partial charge in [-0.15, -0.1) is 0 Å². The van der Waals surface area contributed by atoms with Gasteiger partial charge in [-0.25, -0.2) is 17.8 Å². The van der Waals surface area contributed by atoms with Crippen LogP contribution in [0.15, 0.2) is 53.4 Å². The van der Waals surface area contributed by atoms with Crippen molar-refractivity contribution >= 4 is 49.7 Å². The van der Waals surface area contributed by atoms with E-state index in [0.717, 1.165) is 35.6 Å². The minimum absolute atomic E-state index is 0.0352. The molecule has 1 aromatic heterocycles. The molecule has 0 unspecified atom stereocenters. The highest BCUT2D eigenvalue weighted by molar-refractivity contribution is 7.93. The number of nitrogens with zero attached hydrogens (tertiary/aromatic N) is 1. The third-order valence-electron chi connectivity index (χ3n) is 3.43. The zero-order valence-electron chi connectivity index (χ0n) is 13.9. The number of anilines is 2. The number of rotatable bonds is 5. The van der Waals surface area contributed by atoms with E-state index < -0.39 is 21.7 Å². The summed E-state index contributed by atoms with van der Waals surface area (Å²) < 4.78 is 40.0. The van der Waals surface area contributed by atoms with Crippen molar-refractivity contribution in [3.8, 4) is 0 Å². The molecule has 2 N–H and O–H groups in total. The van der Waals surface area contributed by atoms with Crippen LogP contribution in [0.4, 0.5) is 15.2 Å². The lowest BCUT2D eigenvalue weighted by Gasteiger charge is -2.05. The highest BCUT2D eigenvalue weighted by Gasteiger charge is 2.20. The van der Waals surface area contributed by atoms with E-state index in [-0.39, 0.29) is 14.9 Å². The molecule has 6 nitrogen and oxygen atoms in total. The summed E-state index contributed by atoms with van der Waals surface area (Å²) in [5.74, 6) is -0.974. The molecule has 2 aromatic carbocycles. The van der Waals surface area contributed by atoms with Gasteiger partial charge < -0.3 is 5.32 Å². The number of halogens is 2. The topological polar surface area (TPSA) is 88.2 Å². The second kappa shape index (κ2) is 7.63. The van der Waals surface area contributed by atoms with Gasteiger partial charge in [-0.1, -0.05) is 29.0 Å². The first-order chi connectivity index (χ1) is 12.7. The average Bonchev–Trinajstić information content (AvgIpc) is 2.95. The van der Waals surface area contributed by atoms with E-state index in [1.165, 1.54) is 0 Å². The van der Waals surface area contributed by atoms with Crippen LogP contribution in [0.1, 0.15) is 15.4 Å². The lowest BCUT2D eigenvalue weighted by Crippen LogP contribution is -2.12. The molecule has 0 spiro atoms. The maximum Gasteiger partial charge on any atom is 0.267 e. The van der Waals surface area contributed by atoms with Crippen molar-refractivity contribution < 1.29 is 17.6 Å². The summed E-state index contributed by atoms with van der Waals surface area (Å²) in [6.45, 7) is 1.60. The lowest BCUT2D eigenvalue weighted by molar-refractivity contribution is 0.103. The Kier molecular flexibility index (Phi) is 5.45. The molecule has 140 valence electrons. The van der Waals surface area contributed by atoms with E-state index in [1.807, 2.05) is 0 Å². The molecule has 1 heterocycles. The van der Waals surface area contributed by atoms with Crippen molar-refractivity contribution in [2.45, 2.75) is 11.8 Å². The molecular weight excluding hydrogens is 413 g/mol. The van der Waals surface area contributed by atoms with Gasteiger partial charge in [0.25, 0.3) is 15.9 Å². The van der Waals surface area contributed by atoms with E-state index in [2.05, 4.69) is 15.0 Å². The van der Waals surface area contributed by atoms with Crippen LogP contribution in [0, 0.1) is 12.7 Å². The quantitative estimate of drug-likeness (QED) is 0.638. The summed E-state index contributed by atoms with van der Waals surface area (Å²) in [5, 5.41) is 3.19. The fraction of sp³-hybridized carbons (Fsp3) is 0.0588. The second-order valence-corrected chi connectivity index (χ2v) is 8.58. The Bertz CT molecular complexity index is 1100. The molecule has 0 aliphatic heterocycles. The highest BCUT2D eigenvalue weighted by atomic mass is 35.5. The SMILES string of the molecule is Cc1nc(NS(=O)(=O)c2ccc(F)cc2)sc1C(=O)Nc1cccc(Cl)c1. The van der Waals surface area contributed by atoms with E-state index in [1.54, 1.807) is 31.2 Å². The van der Waals surface area contributed by atoms with Crippen LogP contribution in [0.2, 0.25) is 5.02 Å². The lowest BCUT2D eigenvalue weighted by atomic mass is 10.3. The third kappa shape index (κ3) is 4.62. The molecule has 0 bridgehead atoms. The van der Waals surface area contributed by atoms with Crippen LogP contribution in [0.25, 0.3) is 0 Å². The molecule has 0 saturated heterocycles. The molecule has 10 heteroatoms. The molecule has 0 radical (unpaired) electrons. The Labute approximate surface area is 164 Å². The van der Waals surface area contributed by atoms with Gasteiger partial charge >= 0.3 is 0 Å². The van der Waals surface area contributed by atoms with E-state index in [0.29, 0.717) is 16.4 Å². The van der Waals surface area contributed by atoms with Crippen molar-refractivity contribution in [1.82, 2.24) is 4.98 Å². The molecule has 1 amide bonds. The van der Waals surface area contributed by atoms with Gasteiger partial charge in [-0.2, -0.15) is 0 Å². The van der Waals surface area contributed by atoms with Gasteiger partial charge in [0, 0.05) is 10.7 Å². The Hall–Kier alpha value is -2.49. The summed E-state index contributed by atoms with van der Waals surface area (Å²) >= 11 is 6.78. The van der Waals surface area contributed by atoms with E-state index in [9.17, 15) is 17.6 Å². The first kappa shape index (κ1) is 19.3. The van der Waals surface area contributed by atoms with Gasteiger partial charge in [0.15, 0.2) is 5.13 Å². The fourth-order valence-electron chi connectivity index (χ4n) is 2.19. The monoisotopic (exact) mass is 425 g/mol. The molecule has 0 aliphatic rings. The standard InChI is InChI=1S/C17H13ClFN3O3S2/c1-10-15(16(23)21-13-4-2-3-11(18)9-13)26-17(20-10)22-27(24,25)14-7-5-12(19)6-8-14/h2-9H,1H3,(H,20,22)(H,21,23). The number of nitrogens with one attached hydrogen (secondary N) is 2. The number of hydrogen-bond acceptors (Lipinski definition) is 5. The number of benzene rings is 2. The third-order valence-corrected chi connectivity index (χ3v) is 6.22. The number of thiazole rings is 1. The van der Waals surface area contributed by atoms with E-state index in [4.69, 9.17) is 11.6 Å². The summed E-state index contributed by atoms with van der Waals surface area (Å²) in [5.41, 5.74) is 0.880. The molecule has 27 heavy (non-hydrogen) atoms. The van der Waals surface area contributed by atoms with Crippen LogP contribution in [0.3, 0.4) is 0 Å². The number of aryl methyl sites for hydroxylation is 1. The number of aromatic nitrogens is 1. The van der Waals surface area contributed by atoms with Crippen LogP contribution >= 0.6 is 22.9 Å². The predicted molar refractivity (Wildman–Crippen MR) is 103 cm³/mol. The van der Waals surface area contributed by atoms with Crippen LogP contribution in [0.5, 0.6) is 0 Å². The Morgan fingerprint density at radius 1 is 1.19 bits per heavy atom. The molecule has 3 aromatic rings.